The number of halogens is 1. The Balaban J connectivity index is 1.94. The number of benzene rings is 1. The normalized spacial score (nSPS) is 10.3. The van der Waals surface area contributed by atoms with Crippen molar-refractivity contribution in [1.29, 1.82) is 0 Å². The Hall–Kier alpha value is -1.79. The number of carbonyl (C=O) groups is 1. The zero-order valence-electron chi connectivity index (χ0n) is 9.39. The van der Waals surface area contributed by atoms with Gasteiger partial charge in [0.15, 0.2) is 0 Å². The van der Waals surface area contributed by atoms with Crippen LogP contribution in [0.1, 0.15) is 10.7 Å². The SMILES string of the molecule is O=C(Cc1nc(CO)cs1)Nc1ccc(F)cc1. The van der Waals surface area contributed by atoms with Crippen molar-refractivity contribution in [2.45, 2.75) is 13.0 Å². The first-order valence-electron chi connectivity index (χ1n) is 5.27. The molecule has 2 aromatic rings. The quantitative estimate of drug-likeness (QED) is 0.889. The predicted octanol–water partition coefficient (Wildman–Crippen LogP) is 1.96. The van der Waals surface area contributed by atoms with Crippen LogP contribution in [0, 0.1) is 5.82 Å². The van der Waals surface area contributed by atoms with Crippen molar-refractivity contribution in [3.8, 4) is 0 Å². The first-order valence-corrected chi connectivity index (χ1v) is 6.15. The van der Waals surface area contributed by atoms with Gasteiger partial charge in [-0.15, -0.1) is 11.3 Å². The van der Waals surface area contributed by atoms with E-state index in [1.807, 2.05) is 0 Å². The Labute approximate surface area is 107 Å². The van der Waals surface area contributed by atoms with Crippen LogP contribution in [0.25, 0.3) is 0 Å². The third kappa shape index (κ3) is 3.35. The molecule has 0 saturated carbocycles. The van der Waals surface area contributed by atoms with E-state index in [0.29, 0.717) is 16.4 Å². The maximum Gasteiger partial charge on any atom is 0.231 e. The highest BCUT2D eigenvalue weighted by molar-refractivity contribution is 7.09. The van der Waals surface area contributed by atoms with Crippen LogP contribution in [-0.2, 0) is 17.8 Å². The number of rotatable bonds is 4. The number of nitrogens with zero attached hydrogens (tertiary/aromatic N) is 1. The van der Waals surface area contributed by atoms with Crippen LogP contribution in [0.4, 0.5) is 10.1 Å². The number of hydrogen-bond donors (Lipinski definition) is 2. The third-order valence-electron chi connectivity index (χ3n) is 2.20. The number of nitrogens with one attached hydrogen (secondary N) is 1. The summed E-state index contributed by atoms with van der Waals surface area (Å²) in [5.74, 6) is -0.569. The van der Waals surface area contributed by atoms with Gasteiger partial charge >= 0.3 is 0 Å². The number of aliphatic hydroxyl groups excluding tert-OH is 1. The molecule has 0 aliphatic carbocycles. The largest absolute Gasteiger partial charge is 0.390 e. The Morgan fingerprint density at radius 2 is 2.11 bits per heavy atom. The first-order chi connectivity index (χ1) is 8.67. The standard InChI is InChI=1S/C12H11FN2O2S/c13-8-1-3-9(4-2-8)14-11(17)5-12-15-10(6-16)7-18-12/h1-4,7,16H,5-6H2,(H,14,17). The van der Waals surface area contributed by atoms with Gasteiger partial charge in [0.05, 0.1) is 18.7 Å². The second kappa shape index (κ2) is 5.70. The van der Waals surface area contributed by atoms with Gasteiger partial charge in [0.25, 0.3) is 0 Å². The van der Waals surface area contributed by atoms with Crippen LogP contribution in [0.3, 0.4) is 0 Å². The summed E-state index contributed by atoms with van der Waals surface area (Å²) in [5.41, 5.74) is 1.10. The second-order valence-corrected chi connectivity index (χ2v) is 4.57. The minimum absolute atomic E-state index is 0.129. The predicted molar refractivity (Wildman–Crippen MR) is 66.8 cm³/mol. The molecular formula is C12H11FN2O2S. The number of aliphatic hydroxyl groups is 1. The monoisotopic (exact) mass is 266 g/mol. The smallest absolute Gasteiger partial charge is 0.231 e. The summed E-state index contributed by atoms with van der Waals surface area (Å²) in [6.07, 6.45) is 0.141. The molecule has 1 amide bonds. The summed E-state index contributed by atoms with van der Waals surface area (Å²) in [6.45, 7) is -0.129. The van der Waals surface area contributed by atoms with Crippen molar-refractivity contribution in [3.63, 3.8) is 0 Å². The summed E-state index contributed by atoms with van der Waals surface area (Å²) in [5, 5.41) is 13.8. The van der Waals surface area contributed by atoms with E-state index in [4.69, 9.17) is 5.11 Å². The lowest BCUT2D eigenvalue weighted by Gasteiger charge is -2.03. The maximum atomic E-state index is 12.7. The van der Waals surface area contributed by atoms with Gasteiger partial charge in [-0.25, -0.2) is 9.37 Å². The lowest BCUT2D eigenvalue weighted by Crippen LogP contribution is -2.14. The van der Waals surface area contributed by atoms with Gasteiger partial charge in [0.2, 0.25) is 5.91 Å². The van der Waals surface area contributed by atoms with E-state index >= 15 is 0 Å². The van der Waals surface area contributed by atoms with Crippen molar-refractivity contribution in [1.82, 2.24) is 4.98 Å². The molecule has 0 bridgehead atoms. The van der Waals surface area contributed by atoms with Gasteiger partial charge in [0.1, 0.15) is 10.8 Å². The number of hydrogen-bond acceptors (Lipinski definition) is 4. The summed E-state index contributed by atoms with van der Waals surface area (Å²) in [6, 6.07) is 5.55. The number of amides is 1. The molecule has 94 valence electrons. The lowest BCUT2D eigenvalue weighted by molar-refractivity contribution is -0.115. The van der Waals surface area contributed by atoms with Gasteiger partial charge in [-0.2, -0.15) is 0 Å². The molecule has 18 heavy (non-hydrogen) atoms. The summed E-state index contributed by atoms with van der Waals surface area (Å²) in [7, 11) is 0. The molecule has 0 aliphatic rings. The minimum atomic E-state index is -0.347. The molecule has 0 spiro atoms. The van der Waals surface area contributed by atoms with Crippen molar-refractivity contribution >= 4 is 22.9 Å². The zero-order chi connectivity index (χ0) is 13.0. The van der Waals surface area contributed by atoms with Crippen LogP contribution >= 0.6 is 11.3 Å². The summed E-state index contributed by atoms with van der Waals surface area (Å²) in [4.78, 5) is 15.7. The molecule has 6 heteroatoms. The molecule has 0 unspecified atom stereocenters. The van der Waals surface area contributed by atoms with Crippen molar-refractivity contribution in [3.05, 3.63) is 46.2 Å². The van der Waals surface area contributed by atoms with Crippen LogP contribution in [0.15, 0.2) is 29.6 Å². The summed E-state index contributed by atoms with van der Waals surface area (Å²) >= 11 is 1.32. The molecule has 0 radical (unpaired) electrons. The summed E-state index contributed by atoms with van der Waals surface area (Å²) < 4.78 is 12.7. The molecule has 0 saturated heterocycles. The van der Waals surface area contributed by atoms with Crippen molar-refractivity contribution in [2.75, 3.05) is 5.32 Å². The first kappa shape index (κ1) is 12.7. The van der Waals surface area contributed by atoms with Crippen LogP contribution in [0.2, 0.25) is 0 Å². The lowest BCUT2D eigenvalue weighted by atomic mass is 10.3. The molecule has 2 rings (SSSR count). The third-order valence-corrected chi connectivity index (χ3v) is 3.10. The molecule has 2 N–H and O–H groups in total. The van der Waals surface area contributed by atoms with E-state index in [9.17, 15) is 9.18 Å². The molecule has 4 nitrogen and oxygen atoms in total. The van der Waals surface area contributed by atoms with Crippen LogP contribution in [-0.4, -0.2) is 16.0 Å². The number of carbonyl (C=O) groups excluding carboxylic acids is 1. The van der Waals surface area contributed by atoms with Gasteiger partial charge in [-0.1, -0.05) is 0 Å². The van der Waals surface area contributed by atoms with Gasteiger partial charge in [-0.05, 0) is 24.3 Å². The number of anilines is 1. The molecule has 0 atom stereocenters. The number of thiazole rings is 1. The average Bonchev–Trinajstić information content (AvgIpc) is 2.79. The van der Waals surface area contributed by atoms with Crippen molar-refractivity contribution < 1.29 is 14.3 Å². The Bertz CT molecular complexity index is 539. The van der Waals surface area contributed by atoms with E-state index in [-0.39, 0.29) is 24.8 Å². The minimum Gasteiger partial charge on any atom is -0.390 e. The van der Waals surface area contributed by atoms with E-state index in [0.717, 1.165) is 0 Å². The molecule has 0 aliphatic heterocycles. The molecule has 1 heterocycles. The number of aromatic nitrogens is 1. The zero-order valence-corrected chi connectivity index (χ0v) is 10.2. The highest BCUT2D eigenvalue weighted by Gasteiger charge is 2.08. The molecule has 1 aromatic heterocycles. The Morgan fingerprint density at radius 3 is 2.72 bits per heavy atom. The van der Waals surface area contributed by atoms with E-state index in [2.05, 4.69) is 10.3 Å². The fourth-order valence-electron chi connectivity index (χ4n) is 1.38. The average molecular weight is 266 g/mol. The topological polar surface area (TPSA) is 62.2 Å². The van der Waals surface area contributed by atoms with Gasteiger partial charge < -0.3 is 10.4 Å². The highest BCUT2D eigenvalue weighted by Crippen LogP contribution is 2.12. The molecule has 1 aromatic carbocycles. The van der Waals surface area contributed by atoms with Gasteiger partial charge in [-0.3, -0.25) is 4.79 Å². The van der Waals surface area contributed by atoms with Crippen LogP contribution < -0.4 is 5.32 Å². The Morgan fingerprint density at radius 1 is 1.39 bits per heavy atom. The van der Waals surface area contributed by atoms with E-state index < -0.39 is 0 Å². The fourth-order valence-corrected chi connectivity index (χ4v) is 2.16. The Kier molecular flexibility index (Phi) is 4.01. The van der Waals surface area contributed by atoms with Crippen molar-refractivity contribution in [2.24, 2.45) is 0 Å². The van der Waals surface area contributed by atoms with E-state index in [1.54, 1.807) is 5.38 Å². The van der Waals surface area contributed by atoms with Crippen LogP contribution in [0.5, 0.6) is 0 Å². The highest BCUT2D eigenvalue weighted by atomic mass is 32.1. The maximum absolute atomic E-state index is 12.7. The van der Waals surface area contributed by atoms with E-state index in [1.165, 1.54) is 35.6 Å². The molecule has 0 fully saturated rings. The van der Waals surface area contributed by atoms with Gasteiger partial charge in [0, 0.05) is 11.1 Å². The fraction of sp³-hybridized carbons (Fsp3) is 0.167. The molecular weight excluding hydrogens is 255 g/mol. The second-order valence-electron chi connectivity index (χ2n) is 3.62.